The van der Waals surface area contributed by atoms with Crippen molar-refractivity contribution in [3.8, 4) is 0 Å². The Morgan fingerprint density at radius 3 is 2.47 bits per heavy atom. The molecule has 17 heavy (non-hydrogen) atoms. The van der Waals surface area contributed by atoms with Crippen LogP contribution in [0, 0.1) is 5.92 Å². The second-order valence-electron chi connectivity index (χ2n) is 4.36. The molecular formula is C12H24N2O3. The summed E-state index contributed by atoms with van der Waals surface area (Å²) in [5.41, 5.74) is 5.78. The molecule has 0 bridgehead atoms. The van der Waals surface area contributed by atoms with Crippen LogP contribution in [0.25, 0.3) is 0 Å². The van der Waals surface area contributed by atoms with E-state index < -0.39 is 0 Å². The molecule has 3 N–H and O–H groups in total. The molecule has 1 rings (SSSR count). The number of ether oxygens (including phenoxy) is 2. The van der Waals surface area contributed by atoms with Crippen LogP contribution in [0.5, 0.6) is 0 Å². The Balaban J connectivity index is 2.25. The molecule has 2 atom stereocenters. The largest absolute Gasteiger partial charge is 0.351 e. The Labute approximate surface area is 103 Å². The summed E-state index contributed by atoms with van der Waals surface area (Å²) in [5.74, 6) is 0.135. The second-order valence-corrected chi connectivity index (χ2v) is 4.36. The molecule has 1 fully saturated rings. The van der Waals surface area contributed by atoms with Crippen LogP contribution in [0.15, 0.2) is 0 Å². The Kier molecular flexibility index (Phi) is 6.47. The molecule has 0 saturated heterocycles. The average Bonchev–Trinajstić information content (AvgIpc) is 2.73. The van der Waals surface area contributed by atoms with Gasteiger partial charge in [0, 0.05) is 25.2 Å². The molecule has 0 spiro atoms. The predicted molar refractivity (Wildman–Crippen MR) is 65.4 cm³/mol. The zero-order chi connectivity index (χ0) is 12.7. The monoisotopic (exact) mass is 244 g/mol. The standard InChI is InChI=1S/C12H24N2O3/c1-3-16-11(17-4-2)8-14-12(15)9-5-6-10(13)7-9/h9-11H,3-8,13H2,1-2H3,(H,14,15). The Morgan fingerprint density at radius 2 is 2.00 bits per heavy atom. The molecule has 0 aromatic rings. The first-order valence-electron chi connectivity index (χ1n) is 6.43. The quantitative estimate of drug-likeness (QED) is 0.644. The Morgan fingerprint density at radius 1 is 1.35 bits per heavy atom. The van der Waals surface area contributed by atoms with Crippen molar-refractivity contribution in [3.63, 3.8) is 0 Å². The molecule has 0 aliphatic heterocycles. The number of amides is 1. The van der Waals surface area contributed by atoms with Crippen molar-refractivity contribution < 1.29 is 14.3 Å². The van der Waals surface area contributed by atoms with Gasteiger partial charge < -0.3 is 20.5 Å². The van der Waals surface area contributed by atoms with Gasteiger partial charge in [0.25, 0.3) is 0 Å². The van der Waals surface area contributed by atoms with Gasteiger partial charge >= 0.3 is 0 Å². The number of carbonyl (C=O) groups is 1. The van der Waals surface area contributed by atoms with Crippen molar-refractivity contribution in [1.82, 2.24) is 5.32 Å². The zero-order valence-corrected chi connectivity index (χ0v) is 10.8. The molecule has 0 heterocycles. The van der Waals surface area contributed by atoms with Gasteiger partial charge in [-0.15, -0.1) is 0 Å². The second kappa shape index (κ2) is 7.63. The van der Waals surface area contributed by atoms with Gasteiger partial charge in [0.1, 0.15) is 0 Å². The number of nitrogens with two attached hydrogens (primary N) is 1. The van der Waals surface area contributed by atoms with E-state index in [1.165, 1.54) is 0 Å². The minimum absolute atomic E-state index is 0.0638. The third kappa shape index (κ3) is 5.02. The maximum absolute atomic E-state index is 11.8. The minimum Gasteiger partial charge on any atom is -0.351 e. The summed E-state index contributed by atoms with van der Waals surface area (Å²) in [6.45, 7) is 5.38. The highest BCUT2D eigenvalue weighted by Gasteiger charge is 2.27. The van der Waals surface area contributed by atoms with E-state index in [1.54, 1.807) is 0 Å². The lowest BCUT2D eigenvalue weighted by Crippen LogP contribution is -2.38. The van der Waals surface area contributed by atoms with Crippen LogP contribution in [0.1, 0.15) is 33.1 Å². The molecule has 1 amide bonds. The molecule has 1 aliphatic rings. The Hall–Kier alpha value is -0.650. The maximum atomic E-state index is 11.8. The van der Waals surface area contributed by atoms with E-state index in [0.717, 1.165) is 19.3 Å². The summed E-state index contributed by atoms with van der Waals surface area (Å²) in [6, 6.07) is 0.181. The number of hydrogen-bond donors (Lipinski definition) is 2. The van der Waals surface area contributed by atoms with Crippen LogP contribution in [0.3, 0.4) is 0 Å². The van der Waals surface area contributed by atoms with Gasteiger partial charge in [-0.3, -0.25) is 4.79 Å². The molecule has 100 valence electrons. The molecular weight excluding hydrogens is 220 g/mol. The van der Waals surface area contributed by atoms with Crippen LogP contribution in [-0.4, -0.2) is 38.0 Å². The normalized spacial score (nSPS) is 24.2. The molecule has 5 nitrogen and oxygen atoms in total. The van der Waals surface area contributed by atoms with E-state index in [2.05, 4.69) is 5.32 Å². The third-order valence-electron chi connectivity index (χ3n) is 2.99. The van der Waals surface area contributed by atoms with E-state index in [9.17, 15) is 4.79 Å². The highest BCUT2D eigenvalue weighted by atomic mass is 16.7. The number of rotatable bonds is 7. The first-order chi connectivity index (χ1) is 8.17. The van der Waals surface area contributed by atoms with Crippen molar-refractivity contribution in [3.05, 3.63) is 0 Å². The van der Waals surface area contributed by atoms with Gasteiger partial charge in [-0.2, -0.15) is 0 Å². The topological polar surface area (TPSA) is 73.6 Å². The van der Waals surface area contributed by atoms with Crippen molar-refractivity contribution >= 4 is 5.91 Å². The molecule has 2 unspecified atom stereocenters. The van der Waals surface area contributed by atoms with Crippen molar-refractivity contribution in [2.45, 2.75) is 45.4 Å². The lowest BCUT2D eigenvalue weighted by molar-refractivity contribution is -0.142. The molecule has 5 heteroatoms. The average molecular weight is 244 g/mol. The van der Waals surface area contributed by atoms with Crippen molar-refractivity contribution in [2.75, 3.05) is 19.8 Å². The molecule has 0 aromatic carbocycles. The van der Waals surface area contributed by atoms with Crippen molar-refractivity contribution in [2.24, 2.45) is 11.7 Å². The predicted octanol–water partition coefficient (Wildman–Crippen LogP) is 0.629. The molecule has 1 saturated carbocycles. The fraction of sp³-hybridized carbons (Fsp3) is 0.917. The SMILES string of the molecule is CCOC(CNC(=O)C1CCC(N)C1)OCC. The van der Waals surface area contributed by atoms with Crippen molar-refractivity contribution in [1.29, 1.82) is 0 Å². The maximum Gasteiger partial charge on any atom is 0.223 e. The molecule has 1 aliphatic carbocycles. The summed E-state index contributed by atoms with van der Waals surface area (Å²) >= 11 is 0. The van der Waals surface area contributed by atoms with E-state index in [4.69, 9.17) is 15.2 Å². The molecule has 0 aromatic heterocycles. The van der Waals surface area contributed by atoms with E-state index in [-0.39, 0.29) is 24.2 Å². The summed E-state index contributed by atoms with van der Waals surface area (Å²) in [4.78, 5) is 11.8. The van der Waals surface area contributed by atoms with Crippen LogP contribution >= 0.6 is 0 Å². The third-order valence-corrected chi connectivity index (χ3v) is 2.99. The summed E-state index contributed by atoms with van der Waals surface area (Å²) in [6.07, 6.45) is 2.28. The van der Waals surface area contributed by atoms with Crippen LogP contribution in [0.4, 0.5) is 0 Å². The van der Waals surface area contributed by atoms with Gasteiger partial charge in [0.15, 0.2) is 6.29 Å². The summed E-state index contributed by atoms with van der Waals surface area (Å²) in [7, 11) is 0. The van der Waals surface area contributed by atoms with E-state index >= 15 is 0 Å². The number of hydrogen-bond acceptors (Lipinski definition) is 4. The lowest BCUT2D eigenvalue weighted by atomic mass is 10.1. The van der Waals surface area contributed by atoms with Crippen LogP contribution < -0.4 is 11.1 Å². The van der Waals surface area contributed by atoms with Crippen LogP contribution in [-0.2, 0) is 14.3 Å². The highest BCUT2D eigenvalue weighted by Crippen LogP contribution is 2.23. The number of nitrogens with one attached hydrogen (secondary N) is 1. The van der Waals surface area contributed by atoms with Crippen LogP contribution in [0.2, 0.25) is 0 Å². The van der Waals surface area contributed by atoms with Gasteiger partial charge in [-0.1, -0.05) is 0 Å². The lowest BCUT2D eigenvalue weighted by Gasteiger charge is -2.18. The van der Waals surface area contributed by atoms with Gasteiger partial charge in [0.2, 0.25) is 5.91 Å². The smallest absolute Gasteiger partial charge is 0.223 e. The first kappa shape index (κ1) is 14.4. The summed E-state index contributed by atoms with van der Waals surface area (Å²) < 4.78 is 10.7. The van der Waals surface area contributed by atoms with E-state index in [1.807, 2.05) is 13.8 Å². The highest BCUT2D eigenvalue weighted by molar-refractivity contribution is 5.79. The minimum atomic E-state index is -0.343. The molecule has 0 radical (unpaired) electrons. The first-order valence-corrected chi connectivity index (χ1v) is 6.43. The van der Waals surface area contributed by atoms with Gasteiger partial charge in [-0.25, -0.2) is 0 Å². The fourth-order valence-corrected chi connectivity index (χ4v) is 2.12. The zero-order valence-electron chi connectivity index (χ0n) is 10.8. The fourth-order valence-electron chi connectivity index (χ4n) is 2.12. The van der Waals surface area contributed by atoms with Gasteiger partial charge in [-0.05, 0) is 33.1 Å². The number of carbonyl (C=O) groups excluding carboxylic acids is 1. The van der Waals surface area contributed by atoms with E-state index in [0.29, 0.717) is 19.8 Å². The van der Waals surface area contributed by atoms with Gasteiger partial charge in [0.05, 0.1) is 6.54 Å². The summed E-state index contributed by atoms with van der Waals surface area (Å²) in [5, 5.41) is 2.87. The Bertz CT molecular complexity index is 230.